The largest absolute Gasteiger partial charge is 0.354 e. The van der Waals surface area contributed by atoms with E-state index in [-0.39, 0.29) is 11.3 Å². The fourth-order valence-corrected chi connectivity index (χ4v) is 4.48. The maximum atomic E-state index is 12.9. The number of aryl methyl sites for hydroxylation is 1. The zero-order valence-corrected chi connectivity index (χ0v) is 17.2. The minimum Gasteiger partial charge on any atom is -0.354 e. The number of aromatic nitrogens is 2. The molecule has 1 aromatic heterocycles. The van der Waals surface area contributed by atoms with E-state index in [2.05, 4.69) is 64.2 Å². The number of amides is 1. The zero-order chi connectivity index (χ0) is 19.7. The Morgan fingerprint density at radius 1 is 1.04 bits per heavy atom. The van der Waals surface area contributed by atoms with E-state index in [1.807, 2.05) is 13.0 Å². The van der Waals surface area contributed by atoms with Crippen LogP contribution in [0.1, 0.15) is 49.4 Å². The lowest BCUT2D eigenvalue weighted by Crippen LogP contribution is -2.35. The van der Waals surface area contributed by atoms with Crippen LogP contribution in [0.15, 0.2) is 36.4 Å². The van der Waals surface area contributed by atoms with E-state index < -0.39 is 0 Å². The van der Waals surface area contributed by atoms with Crippen LogP contribution < -0.4 is 4.90 Å². The van der Waals surface area contributed by atoms with E-state index in [1.165, 1.54) is 5.56 Å². The predicted molar refractivity (Wildman–Crippen MR) is 111 cm³/mol. The van der Waals surface area contributed by atoms with Gasteiger partial charge in [0.1, 0.15) is 0 Å². The number of benzene rings is 1. The van der Waals surface area contributed by atoms with Crippen molar-refractivity contribution in [1.29, 1.82) is 0 Å². The standard InChI is InChI=1S/C23H30N4O/c1-17(2)20-7-5-19(6-8-20)14-22(28)27-13-11-23(16-27)10-12-26(15-23)21-9-4-18(3)24-25-21/h4-9,17H,10-16H2,1-3H3. The summed E-state index contributed by atoms with van der Waals surface area (Å²) in [7, 11) is 0. The van der Waals surface area contributed by atoms with E-state index >= 15 is 0 Å². The molecular formula is C23H30N4O. The Morgan fingerprint density at radius 2 is 1.79 bits per heavy atom. The number of hydrogen-bond acceptors (Lipinski definition) is 4. The summed E-state index contributed by atoms with van der Waals surface area (Å²) in [4.78, 5) is 17.2. The summed E-state index contributed by atoms with van der Waals surface area (Å²) in [6, 6.07) is 12.6. The van der Waals surface area contributed by atoms with Crippen molar-refractivity contribution >= 4 is 11.7 Å². The maximum absolute atomic E-state index is 12.9. The highest BCUT2D eigenvalue weighted by Crippen LogP contribution is 2.40. The average Bonchev–Trinajstić information content (AvgIpc) is 3.30. The summed E-state index contributed by atoms with van der Waals surface area (Å²) in [5, 5.41) is 8.53. The van der Waals surface area contributed by atoms with Gasteiger partial charge in [0, 0.05) is 31.6 Å². The Balaban J connectivity index is 1.35. The molecule has 1 amide bonds. The van der Waals surface area contributed by atoms with Gasteiger partial charge in [-0.05, 0) is 48.9 Å². The third-order valence-corrected chi connectivity index (χ3v) is 6.34. The maximum Gasteiger partial charge on any atom is 0.227 e. The topological polar surface area (TPSA) is 49.3 Å². The number of carbonyl (C=O) groups excluding carboxylic acids is 1. The number of carbonyl (C=O) groups is 1. The van der Waals surface area contributed by atoms with Crippen molar-refractivity contribution in [2.24, 2.45) is 5.41 Å². The Kier molecular flexibility index (Phi) is 5.09. The summed E-state index contributed by atoms with van der Waals surface area (Å²) in [5.74, 6) is 1.73. The molecule has 2 aliphatic heterocycles. The second-order valence-electron chi connectivity index (χ2n) is 8.84. The summed E-state index contributed by atoms with van der Waals surface area (Å²) in [6.45, 7) is 10.0. The van der Waals surface area contributed by atoms with Gasteiger partial charge in [-0.1, -0.05) is 38.1 Å². The molecule has 1 unspecified atom stereocenters. The molecule has 1 atom stereocenters. The number of likely N-dealkylation sites (tertiary alicyclic amines) is 1. The van der Waals surface area contributed by atoms with Crippen LogP contribution >= 0.6 is 0 Å². The zero-order valence-electron chi connectivity index (χ0n) is 17.2. The monoisotopic (exact) mass is 378 g/mol. The van der Waals surface area contributed by atoms with Crippen LogP contribution in [0.25, 0.3) is 0 Å². The van der Waals surface area contributed by atoms with E-state index in [1.54, 1.807) is 0 Å². The van der Waals surface area contributed by atoms with Crippen LogP contribution in [0.2, 0.25) is 0 Å². The lowest BCUT2D eigenvalue weighted by atomic mass is 9.86. The first-order valence-corrected chi connectivity index (χ1v) is 10.4. The number of anilines is 1. The summed E-state index contributed by atoms with van der Waals surface area (Å²) in [6.07, 6.45) is 2.71. The van der Waals surface area contributed by atoms with Crippen LogP contribution in [0, 0.1) is 12.3 Å². The van der Waals surface area contributed by atoms with Gasteiger partial charge >= 0.3 is 0 Å². The van der Waals surface area contributed by atoms with Crippen LogP contribution in [-0.4, -0.2) is 47.2 Å². The lowest BCUT2D eigenvalue weighted by Gasteiger charge is -2.25. The molecular weight excluding hydrogens is 348 g/mol. The molecule has 28 heavy (non-hydrogen) atoms. The van der Waals surface area contributed by atoms with Gasteiger partial charge in [-0.25, -0.2) is 0 Å². The molecule has 0 N–H and O–H groups in total. The third kappa shape index (κ3) is 3.89. The molecule has 1 aromatic carbocycles. The molecule has 0 aliphatic carbocycles. The molecule has 0 saturated carbocycles. The molecule has 2 aliphatic rings. The van der Waals surface area contributed by atoms with Gasteiger partial charge in [0.2, 0.25) is 5.91 Å². The minimum absolute atomic E-state index is 0.212. The van der Waals surface area contributed by atoms with Crippen molar-refractivity contribution < 1.29 is 4.79 Å². The molecule has 148 valence electrons. The molecule has 4 rings (SSSR count). The van der Waals surface area contributed by atoms with Gasteiger partial charge < -0.3 is 9.80 Å². The van der Waals surface area contributed by atoms with Gasteiger partial charge in [-0.3, -0.25) is 4.79 Å². The van der Waals surface area contributed by atoms with E-state index in [0.29, 0.717) is 12.3 Å². The van der Waals surface area contributed by atoms with E-state index in [9.17, 15) is 4.79 Å². The molecule has 0 bridgehead atoms. The summed E-state index contributed by atoms with van der Waals surface area (Å²) >= 11 is 0. The highest BCUT2D eigenvalue weighted by molar-refractivity contribution is 5.79. The molecule has 5 heteroatoms. The quantitative estimate of drug-likeness (QED) is 0.816. The Labute approximate surface area is 167 Å². The number of hydrogen-bond donors (Lipinski definition) is 0. The van der Waals surface area contributed by atoms with Crippen LogP contribution in [-0.2, 0) is 11.2 Å². The molecule has 1 spiro atoms. The summed E-state index contributed by atoms with van der Waals surface area (Å²) < 4.78 is 0. The fourth-order valence-electron chi connectivity index (χ4n) is 4.48. The lowest BCUT2D eigenvalue weighted by molar-refractivity contribution is -0.129. The molecule has 5 nitrogen and oxygen atoms in total. The molecule has 2 saturated heterocycles. The van der Waals surface area contributed by atoms with Gasteiger partial charge in [-0.2, -0.15) is 5.10 Å². The van der Waals surface area contributed by atoms with Gasteiger partial charge in [-0.15, -0.1) is 5.10 Å². The Morgan fingerprint density at radius 3 is 2.46 bits per heavy atom. The Hall–Kier alpha value is -2.43. The smallest absolute Gasteiger partial charge is 0.227 e. The third-order valence-electron chi connectivity index (χ3n) is 6.34. The van der Waals surface area contributed by atoms with Crippen LogP contribution in [0.5, 0.6) is 0 Å². The first-order chi connectivity index (χ1) is 13.4. The molecule has 2 fully saturated rings. The number of nitrogens with zero attached hydrogens (tertiary/aromatic N) is 4. The van der Waals surface area contributed by atoms with Gasteiger partial charge in [0.15, 0.2) is 5.82 Å². The Bertz CT molecular complexity index is 831. The minimum atomic E-state index is 0.212. The van der Waals surface area contributed by atoms with Gasteiger partial charge in [0.05, 0.1) is 12.1 Å². The molecule has 2 aromatic rings. The van der Waals surface area contributed by atoms with E-state index in [4.69, 9.17) is 0 Å². The summed E-state index contributed by atoms with van der Waals surface area (Å²) in [5.41, 5.74) is 3.58. The second-order valence-corrected chi connectivity index (χ2v) is 8.84. The second kappa shape index (κ2) is 7.53. The van der Waals surface area contributed by atoms with Crippen molar-refractivity contribution in [2.45, 2.75) is 46.0 Å². The van der Waals surface area contributed by atoms with E-state index in [0.717, 1.165) is 56.1 Å². The molecule has 3 heterocycles. The normalized spacial score (nSPS) is 21.9. The highest BCUT2D eigenvalue weighted by Gasteiger charge is 2.45. The van der Waals surface area contributed by atoms with Crippen molar-refractivity contribution in [3.8, 4) is 0 Å². The average molecular weight is 379 g/mol. The number of rotatable bonds is 4. The van der Waals surface area contributed by atoms with Gasteiger partial charge in [0.25, 0.3) is 0 Å². The predicted octanol–water partition coefficient (Wildman–Crippen LogP) is 3.58. The first-order valence-electron chi connectivity index (χ1n) is 10.4. The van der Waals surface area contributed by atoms with Crippen molar-refractivity contribution in [1.82, 2.24) is 15.1 Å². The van der Waals surface area contributed by atoms with Crippen molar-refractivity contribution in [3.05, 3.63) is 53.2 Å². The van der Waals surface area contributed by atoms with Crippen molar-refractivity contribution in [2.75, 3.05) is 31.1 Å². The SMILES string of the molecule is Cc1ccc(N2CCC3(CCN(C(=O)Cc4ccc(C(C)C)cc4)C3)C2)nn1. The highest BCUT2D eigenvalue weighted by atomic mass is 16.2. The first kappa shape index (κ1) is 18.9. The fraction of sp³-hybridized carbons (Fsp3) is 0.522. The van der Waals surface area contributed by atoms with Crippen LogP contribution in [0.3, 0.4) is 0 Å². The van der Waals surface area contributed by atoms with Crippen molar-refractivity contribution in [3.63, 3.8) is 0 Å². The molecule has 0 radical (unpaired) electrons. The van der Waals surface area contributed by atoms with Crippen LogP contribution in [0.4, 0.5) is 5.82 Å².